The van der Waals surface area contributed by atoms with Gasteiger partial charge < -0.3 is 11.1 Å². The van der Waals surface area contributed by atoms with E-state index in [4.69, 9.17) is 5.73 Å². The van der Waals surface area contributed by atoms with Gasteiger partial charge in [0.15, 0.2) is 0 Å². The van der Waals surface area contributed by atoms with Gasteiger partial charge in [0, 0.05) is 13.1 Å². The Labute approximate surface area is 122 Å². The first-order chi connectivity index (χ1) is 10.4. The van der Waals surface area contributed by atoms with Gasteiger partial charge in [-0.25, -0.2) is 0 Å². The second-order valence-electron chi connectivity index (χ2n) is 4.58. The minimum atomic E-state index is 0.515. The highest BCUT2D eigenvalue weighted by molar-refractivity contribution is 5.39. The van der Waals surface area contributed by atoms with E-state index in [1.165, 1.54) is 0 Å². The number of aromatic nitrogens is 4. The number of nitrogens with zero attached hydrogens (tertiary/aromatic N) is 4. The summed E-state index contributed by atoms with van der Waals surface area (Å²) in [6.07, 6.45) is 0. The van der Waals surface area contributed by atoms with Crippen LogP contribution >= 0.6 is 0 Å². The summed E-state index contributed by atoms with van der Waals surface area (Å²) in [7, 11) is 0. The van der Waals surface area contributed by atoms with Crippen LogP contribution in [0, 0.1) is 0 Å². The number of benzene rings is 2. The predicted octanol–water partition coefficient (Wildman–Crippen LogP) is 1.73. The summed E-state index contributed by atoms with van der Waals surface area (Å²) in [5.41, 5.74) is 8.92. The Hall–Kier alpha value is -2.73. The zero-order chi connectivity index (χ0) is 14.5. The van der Waals surface area contributed by atoms with Gasteiger partial charge in [-0.05, 0) is 33.7 Å². The van der Waals surface area contributed by atoms with E-state index in [9.17, 15) is 0 Å². The molecule has 0 saturated heterocycles. The van der Waals surface area contributed by atoms with Crippen molar-refractivity contribution in [3.05, 3.63) is 65.7 Å². The van der Waals surface area contributed by atoms with Crippen LogP contribution < -0.4 is 11.1 Å². The molecule has 0 aliphatic rings. The molecule has 0 bridgehead atoms. The Morgan fingerprint density at radius 1 is 0.952 bits per heavy atom. The normalized spacial score (nSPS) is 10.5. The first kappa shape index (κ1) is 13.3. The van der Waals surface area contributed by atoms with Crippen LogP contribution in [0.4, 0.5) is 5.95 Å². The molecule has 6 heteroatoms. The number of para-hydroxylation sites is 1. The average molecular weight is 280 g/mol. The van der Waals surface area contributed by atoms with Crippen LogP contribution in [0.5, 0.6) is 0 Å². The van der Waals surface area contributed by atoms with Gasteiger partial charge in [0.2, 0.25) is 5.95 Å². The van der Waals surface area contributed by atoms with Crippen LogP contribution in [0.1, 0.15) is 11.1 Å². The number of nitrogens with one attached hydrogen (secondary N) is 1. The van der Waals surface area contributed by atoms with Crippen molar-refractivity contribution >= 4 is 5.95 Å². The zero-order valence-electron chi connectivity index (χ0n) is 11.5. The van der Waals surface area contributed by atoms with E-state index in [0.717, 1.165) is 16.8 Å². The minimum absolute atomic E-state index is 0.515. The number of tetrazole rings is 1. The quantitative estimate of drug-likeness (QED) is 0.744. The molecule has 3 rings (SSSR count). The van der Waals surface area contributed by atoms with Gasteiger partial charge in [-0.15, -0.1) is 0 Å². The van der Waals surface area contributed by atoms with Crippen molar-refractivity contribution in [3.63, 3.8) is 0 Å². The molecule has 6 nitrogen and oxygen atoms in total. The maximum Gasteiger partial charge on any atom is 0.248 e. The Kier molecular flexibility index (Phi) is 3.88. The van der Waals surface area contributed by atoms with Gasteiger partial charge in [-0.1, -0.05) is 47.6 Å². The predicted molar refractivity (Wildman–Crippen MR) is 80.8 cm³/mol. The lowest BCUT2D eigenvalue weighted by molar-refractivity contribution is 0.789. The standard InChI is InChI=1S/C15H16N6/c16-10-12-6-4-5-7-13(12)11-17-15-18-19-20-21(15)14-8-2-1-3-9-14/h1-9H,10-11,16H2,(H,17,18,20). The van der Waals surface area contributed by atoms with Crippen molar-refractivity contribution in [3.8, 4) is 5.69 Å². The van der Waals surface area contributed by atoms with E-state index < -0.39 is 0 Å². The molecule has 106 valence electrons. The lowest BCUT2D eigenvalue weighted by Crippen LogP contribution is -2.10. The van der Waals surface area contributed by atoms with Gasteiger partial charge in [-0.2, -0.15) is 4.68 Å². The fourth-order valence-corrected chi connectivity index (χ4v) is 2.14. The average Bonchev–Trinajstić information content (AvgIpc) is 3.02. The molecule has 21 heavy (non-hydrogen) atoms. The Balaban J connectivity index is 1.79. The SMILES string of the molecule is NCc1ccccc1CNc1nnnn1-c1ccccc1. The van der Waals surface area contributed by atoms with Crippen molar-refractivity contribution in [2.24, 2.45) is 5.73 Å². The molecule has 3 aromatic rings. The van der Waals surface area contributed by atoms with Crippen molar-refractivity contribution in [2.75, 3.05) is 5.32 Å². The highest BCUT2D eigenvalue weighted by Crippen LogP contribution is 2.13. The van der Waals surface area contributed by atoms with E-state index in [2.05, 4.69) is 20.8 Å². The topological polar surface area (TPSA) is 81.7 Å². The fraction of sp³-hybridized carbons (Fsp3) is 0.133. The third kappa shape index (κ3) is 2.90. The molecule has 0 radical (unpaired) electrons. The van der Waals surface area contributed by atoms with Crippen molar-refractivity contribution in [1.82, 2.24) is 20.2 Å². The van der Waals surface area contributed by atoms with Crippen LogP contribution in [0.3, 0.4) is 0 Å². The first-order valence-electron chi connectivity index (χ1n) is 6.73. The Morgan fingerprint density at radius 2 is 1.67 bits per heavy atom. The van der Waals surface area contributed by atoms with E-state index in [1.54, 1.807) is 4.68 Å². The highest BCUT2D eigenvalue weighted by Gasteiger charge is 2.08. The minimum Gasteiger partial charge on any atom is -0.349 e. The Bertz CT molecular complexity index is 707. The molecule has 0 atom stereocenters. The largest absolute Gasteiger partial charge is 0.349 e. The molecule has 0 fully saturated rings. The molecule has 0 amide bonds. The van der Waals surface area contributed by atoms with E-state index >= 15 is 0 Å². The molecule has 0 saturated carbocycles. The van der Waals surface area contributed by atoms with Gasteiger partial charge in [0.1, 0.15) is 0 Å². The molecule has 0 aliphatic heterocycles. The smallest absolute Gasteiger partial charge is 0.248 e. The summed E-state index contributed by atoms with van der Waals surface area (Å²) in [5.74, 6) is 0.605. The molecular formula is C15H16N6. The molecule has 2 aromatic carbocycles. The highest BCUT2D eigenvalue weighted by atomic mass is 15.6. The summed E-state index contributed by atoms with van der Waals surface area (Å²) in [6.45, 7) is 1.14. The maximum atomic E-state index is 5.75. The summed E-state index contributed by atoms with van der Waals surface area (Å²) in [6, 6.07) is 17.8. The van der Waals surface area contributed by atoms with Crippen LogP contribution in [0.2, 0.25) is 0 Å². The summed E-state index contributed by atoms with van der Waals surface area (Å²) >= 11 is 0. The number of rotatable bonds is 5. The fourth-order valence-electron chi connectivity index (χ4n) is 2.14. The molecule has 0 spiro atoms. The molecule has 0 aliphatic carbocycles. The van der Waals surface area contributed by atoms with Gasteiger partial charge in [-0.3, -0.25) is 0 Å². The second-order valence-corrected chi connectivity index (χ2v) is 4.58. The monoisotopic (exact) mass is 280 g/mol. The zero-order valence-corrected chi connectivity index (χ0v) is 11.5. The first-order valence-corrected chi connectivity index (χ1v) is 6.73. The third-order valence-electron chi connectivity index (χ3n) is 3.25. The summed E-state index contributed by atoms with van der Waals surface area (Å²) in [4.78, 5) is 0. The van der Waals surface area contributed by atoms with E-state index in [1.807, 2.05) is 54.6 Å². The molecule has 1 aromatic heterocycles. The maximum absolute atomic E-state index is 5.75. The number of anilines is 1. The van der Waals surface area contributed by atoms with Crippen LogP contribution in [-0.2, 0) is 13.1 Å². The van der Waals surface area contributed by atoms with Gasteiger partial charge in [0.05, 0.1) is 5.69 Å². The number of nitrogens with two attached hydrogens (primary N) is 1. The second kappa shape index (κ2) is 6.15. The molecular weight excluding hydrogens is 264 g/mol. The summed E-state index contributed by atoms with van der Waals surface area (Å²) in [5, 5.41) is 15.0. The van der Waals surface area contributed by atoms with Crippen molar-refractivity contribution in [2.45, 2.75) is 13.1 Å². The Morgan fingerprint density at radius 3 is 2.43 bits per heavy atom. The van der Waals surface area contributed by atoms with Gasteiger partial charge in [0.25, 0.3) is 0 Å². The van der Waals surface area contributed by atoms with Crippen LogP contribution in [0.15, 0.2) is 54.6 Å². The molecule has 3 N–H and O–H groups in total. The molecule has 1 heterocycles. The molecule has 0 unspecified atom stereocenters. The summed E-state index contributed by atoms with van der Waals surface area (Å²) < 4.78 is 1.67. The van der Waals surface area contributed by atoms with Crippen molar-refractivity contribution < 1.29 is 0 Å². The number of hydrogen-bond donors (Lipinski definition) is 2. The third-order valence-corrected chi connectivity index (χ3v) is 3.25. The van der Waals surface area contributed by atoms with E-state index in [0.29, 0.717) is 19.0 Å². The lowest BCUT2D eigenvalue weighted by atomic mass is 10.1. The van der Waals surface area contributed by atoms with Crippen LogP contribution in [-0.4, -0.2) is 20.2 Å². The van der Waals surface area contributed by atoms with Crippen molar-refractivity contribution in [1.29, 1.82) is 0 Å². The van der Waals surface area contributed by atoms with Crippen LogP contribution in [0.25, 0.3) is 5.69 Å². The van der Waals surface area contributed by atoms with Gasteiger partial charge >= 0.3 is 0 Å². The van der Waals surface area contributed by atoms with E-state index in [-0.39, 0.29) is 0 Å². The number of hydrogen-bond acceptors (Lipinski definition) is 5. The lowest BCUT2D eigenvalue weighted by Gasteiger charge is -2.10.